The van der Waals surface area contributed by atoms with Crippen molar-refractivity contribution in [3.8, 4) is 0 Å². The molecule has 4 saturated heterocycles. The molecule has 0 saturated carbocycles. The van der Waals surface area contributed by atoms with Crippen molar-refractivity contribution < 1.29 is 64.0 Å². The van der Waals surface area contributed by atoms with E-state index in [1.807, 2.05) is 0 Å². The van der Waals surface area contributed by atoms with Crippen molar-refractivity contribution in [2.45, 2.75) is 118 Å². The molecule has 9 N–H and O–H groups in total. The second-order valence-electron chi connectivity index (χ2n) is 11.2. The Hall–Kier alpha value is -1.80. The van der Waals surface area contributed by atoms with Gasteiger partial charge in [-0.25, -0.2) is 4.79 Å². The third kappa shape index (κ3) is 7.11. The number of nitrogens with one attached hydrogen (secondary N) is 3. The van der Waals surface area contributed by atoms with Gasteiger partial charge < -0.3 is 65.5 Å². The Balaban J connectivity index is 1.41. The van der Waals surface area contributed by atoms with E-state index in [9.17, 15) is 45.0 Å². The first-order valence-electron chi connectivity index (χ1n) is 14.0. The van der Waals surface area contributed by atoms with Gasteiger partial charge in [0.2, 0.25) is 11.7 Å². The van der Waals surface area contributed by atoms with Crippen LogP contribution in [0.1, 0.15) is 39.5 Å². The molecule has 0 aromatic rings. The van der Waals surface area contributed by atoms with Crippen LogP contribution in [0.4, 0.5) is 4.79 Å². The molecule has 4 aliphatic rings. The van der Waals surface area contributed by atoms with Crippen molar-refractivity contribution in [2.75, 3.05) is 19.0 Å². The molecule has 0 aromatic carbocycles. The predicted octanol–water partition coefficient (Wildman–Crippen LogP) is -3.59. The maximum atomic E-state index is 12.9. The Morgan fingerprint density at radius 3 is 2.43 bits per heavy atom. The van der Waals surface area contributed by atoms with Crippen molar-refractivity contribution in [2.24, 2.45) is 0 Å². The van der Waals surface area contributed by atoms with Gasteiger partial charge in [0.1, 0.15) is 48.8 Å². The first-order chi connectivity index (χ1) is 19.9. The molecule has 4 fully saturated rings. The predicted molar refractivity (Wildman–Crippen MR) is 143 cm³/mol. The quantitative estimate of drug-likeness (QED) is 0.0614. The Morgan fingerprint density at radius 1 is 1.05 bits per heavy atom. The minimum absolute atomic E-state index is 0.00753. The SMILES string of the molecule is CC(=O)N[C@@H]1[C@@H](OC2O[C@H](CO)[C@H](O)[C@H](O)[C@H]2O)[C@H](O)[C@@H](CO)OC1(C)OC(=O)CCCCC1SC[C@@H]2NC(=O)N[C@H]12. The van der Waals surface area contributed by atoms with Gasteiger partial charge in [0.05, 0.1) is 25.3 Å². The highest BCUT2D eigenvalue weighted by Gasteiger charge is 2.57. The number of hydrogen-bond donors (Lipinski definition) is 9. The molecule has 42 heavy (non-hydrogen) atoms. The lowest BCUT2D eigenvalue weighted by Crippen LogP contribution is -2.72. The van der Waals surface area contributed by atoms with E-state index in [0.717, 1.165) is 12.2 Å². The fourth-order valence-electron chi connectivity index (χ4n) is 5.84. The molecule has 0 aromatic heterocycles. The van der Waals surface area contributed by atoms with Crippen molar-refractivity contribution in [3.63, 3.8) is 0 Å². The first-order valence-corrected chi connectivity index (χ1v) is 15.0. The average Bonchev–Trinajstić information content (AvgIpc) is 3.49. The molecule has 3 amide bonds. The second kappa shape index (κ2) is 13.9. The van der Waals surface area contributed by atoms with Crippen LogP contribution in [0.15, 0.2) is 0 Å². The van der Waals surface area contributed by atoms with Crippen molar-refractivity contribution in [1.82, 2.24) is 16.0 Å². The third-order valence-electron chi connectivity index (χ3n) is 8.05. The summed E-state index contributed by atoms with van der Waals surface area (Å²) < 4.78 is 22.6. The summed E-state index contributed by atoms with van der Waals surface area (Å²) >= 11 is 1.76. The van der Waals surface area contributed by atoms with Gasteiger partial charge in [-0.3, -0.25) is 9.59 Å². The molecule has 0 spiro atoms. The highest BCUT2D eigenvalue weighted by molar-refractivity contribution is 8.00. The standard InChI is InChI=1S/C25H41N3O13S/c1-10(31)26-22-21(39-23-20(36)19(35)17(33)12(7-29)38-23)18(34)13(8-30)40-25(22,2)41-15(32)6-4-3-5-14-16-11(9-42-14)27-24(37)28-16/h11-14,16-23,29-30,33-36H,3-9H2,1-2H3,(H,26,31)(H2,27,28,37)/t11-,12+,13+,14?,16-,17-,18+,19-,20+,21-,22+,23?,25?/m0/s1. The van der Waals surface area contributed by atoms with E-state index in [-0.39, 0.29) is 29.8 Å². The third-order valence-corrected chi connectivity index (χ3v) is 9.56. The number of fused-ring (bicyclic) bond motifs is 1. The van der Waals surface area contributed by atoms with Crippen LogP contribution in [0.25, 0.3) is 0 Å². The molecule has 0 radical (unpaired) electrons. The van der Waals surface area contributed by atoms with Crippen LogP contribution >= 0.6 is 11.8 Å². The number of thioether (sulfide) groups is 1. The van der Waals surface area contributed by atoms with E-state index in [0.29, 0.717) is 12.8 Å². The number of rotatable bonds is 11. The van der Waals surface area contributed by atoms with Crippen LogP contribution in [0, 0.1) is 0 Å². The molecular formula is C25H41N3O13S. The Labute approximate surface area is 246 Å². The number of unbranched alkanes of at least 4 members (excludes halogenated alkanes) is 1. The van der Waals surface area contributed by atoms with E-state index in [1.165, 1.54) is 13.8 Å². The van der Waals surface area contributed by atoms with Gasteiger partial charge in [-0.2, -0.15) is 11.8 Å². The Bertz CT molecular complexity index is 978. The average molecular weight is 624 g/mol. The smallest absolute Gasteiger partial charge is 0.315 e. The lowest BCUT2D eigenvalue weighted by Gasteiger charge is -2.51. The molecule has 13 atom stereocenters. The Morgan fingerprint density at radius 2 is 1.76 bits per heavy atom. The van der Waals surface area contributed by atoms with Gasteiger partial charge in [-0.15, -0.1) is 0 Å². The van der Waals surface area contributed by atoms with Crippen LogP contribution in [0.2, 0.25) is 0 Å². The van der Waals surface area contributed by atoms with Crippen LogP contribution in [-0.4, -0.2) is 146 Å². The van der Waals surface area contributed by atoms with Crippen molar-refractivity contribution in [3.05, 3.63) is 0 Å². The largest absolute Gasteiger partial charge is 0.431 e. The van der Waals surface area contributed by atoms with Crippen molar-refractivity contribution >= 4 is 29.7 Å². The highest BCUT2D eigenvalue weighted by atomic mass is 32.2. The number of amides is 3. The number of carbonyl (C=O) groups excluding carboxylic acids is 3. The molecule has 16 nitrogen and oxygen atoms in total. The zero-order chi connectivity index (χ0) is 30.8. The summed E-state index contributed by atoms with van der Waals surface area (Å²) in [5.74, 6) is -2.42. The fraction of sp³-hybridized carbons (Fsp3) is 0.880. The summed E-state index contributed by atoms with van der Waals surface area (Å²) in [7, 11) is 0. The molecule has 3 unspecified atom stereocenters. The zero-order valence-corrected chi connectivity index (χ0v) is 24.1. The van der Waals surface area contributed by atoms with E-state index >= 15 is 0 Å². The fourth-order valence-corrected chi connectivity index (χ4v) is 7.39. The van der Waals surface area contributed by atoms with Crippen LogP contribution in [0.3, 0.4) is 0 Å². The number of carbonyl (C=O) groups is 3. The topological polar surface area (TPSA) is 246 Å². The van der Waals surface area contributed by atoms with E-state index in [1.54, 1.807) is 11.8 Å². The van der Waals surface area contributed by atoms with Gasteiger partial charge >= 0.3 is 12.0 Å². The maximum Gasteiger partial charge on any atom is 0.315 e. The number of hydrogen-bond acceptors (Lipinski definition) is 14. The lowest BCUT2D eigenvalue weighted by atomic mass is 9.90. The first kappa shape index (κ1) is 33.1. The molecular weight excluding hydrogens is 582 g/mol. The summed E-state index contributed by atoms with van der Waals surface area (Å²) in [5, 5.41) is 69.6. The monoisotopic (exact) mass is 623 g/mol. The van der Waals surface area contributed by atoms with Crippen LogP contribution in [0.5, 0.6) is 0 Å². The molecule has 4 aliphatic heterocycles. The number of esters is 1. The van der Waals surface area contributed by atoms with Gasteiger partial charge in [-0.05, 0) is 12.8 Å². The number of aliphatic hydroxyl groups excluding tert-OH is 6. The van der Waals surface area contributed by atoms with E-state index < -0.39 is 85.9 Å². The molecule has 4 rings (SSSR count). The molecule has 240 valence electrons. The summed E-state index contributed by atoms with van der Waals surface area (Å²) in [6, 6.07) is -1.41. The number of urea groups is 1. The lowest BCUT2D eigenvalue weighted by molar-refractivity contribution is -0.360. The highest BCUT2D eigenvalue weighted by Crippen LogP contribution is 2.36. The summed E-state index contributed by atoms with van der Waals surface area (Å²) in [5.41, 5.74) is 0. The summed E-state index contributed by atoms with van der Waals surface area (Å²) in [6.45, 7) is 1.04. The van der Waals surface area contributed by atoms with Crippen LogP contribution in [-0.2, 0) is 28.5 Å². The number of ether oxygens (including phenoxy) is 4. The van der Waals surface area contributed by atoms with Crippen LogP contribution < -0.4 is 16.0 Å². The maximum absolute atomic E-state index is 12.9. The van der Waals surface area contributed by atoms with Gasteiger partial charge in [0, 0.05) is 31.3 Å². The normalized spacial score (nSPS) is 43.3. The summed E-state index contributed by atoms with van der Waals surface area (Å²) in [4.78, 5) is 36.7. The van der Waals surface area contributed by atoms with E-state index in [4.69, 9.17) is 18.9 Å². The van der Waals surface area contributed by atoms with Crippen molar-refractivity contribution in [1.29, 1.82) is 0 Å². The minimum atomic E-state index is -1.96. The van der Waals surface area contributed by atoms with Gasteiger partial charge in [0.15, 0.2) is 6.29 Å². The number of aliphatic hydroxyl groups is 6. The summed E-state index contributed by atoms with van der Waals surface area (Å²) in [6.07, 6.45) is -10.8. The molecule has 4 heterocycles. The van der Waals surface area contributed by atoms with E-state index in [2.05, 4.69) is 16.0 Å². The minimum Gasteiger partial charge on any atom is -0.431 e. The molecule has 17 heteroatoms. The molecule has 0 aliphatic carbocycles. The zero-order valence-electron chi connectivity index (χ0n) is 23.3. The Kier molecular flexibility index (Phi) is 10.9. The van der Waals surface area contributed by atoms with Gasteiger partial charge in [-0.1, -0.05) is 6.42 Å². The van der Waals surface area contributed by atoms with Gasteiger partial charge in [0.25, 0.3) is 0 Å². The molecule has 0 bridgehead atoms. The second-order valence-corrected chi connectivity index (χ2v) is 12.4.